The highest BCUT2D eigenvalue weighted by Gasteiger charge is 2.29. The van der Waals surface area contributed by atoms with Gasteiger partial charge in [-0.2, -0.15) is 0 Å². The van der Waals surface area contributed by atoms with Crippen LogP contribution in [0.15, 0.2) is 66.7 Å². The highest BCUT2D eigenvalue weighted by atomic mass is 16.5. The van der Waals surface area contributed by atoms with E-state index in [0.29, 0.717) is 16.8 Å². The first-order valence-corrected chi connectivity index (χ1v) is 11.1. The van der Waals surface area contributed by atoms with Gasteiger partial charge < -0.3 is 14.7 Å². The summed E-state index contributed by atoms with van der Waals surface area (Å²) in [6, 6.07) is 21.1. The number of carbonyl (C=O) groups is 3. The molecule has 0 bridgehead atoms. The smallest absolute Gasteiger partial charge is 0.411 e. The molecule has 7 nitrogen and oxygen atoms in total. The van der Waals surface area contributed by atoms with Crippen molar-refractivity contribution >= 4 is 23.7 Å². The summed E-state index contributed by atoms with van der Waals surface area (Å²) in [6.45, 7) is 3.61. The molecule has 0 unspecified atom stereocenters. The molecule has 0 spiro atoms. The van der Waals surface area contributed by atoms with Crippen molar-refractivity contribution in [2.75, 3.05) is 25.0 Å². The minimum Gasteiger partial charge on any atom is -0.480 e. The van der Waals surface area contributed by atoms with Crippen LogP contribution < -0.4 is 5.32 Å². The fraction of sp³-hybridized carbons (Fsp3) is 0.222. The van der Waals surface area contributed by atoms with Crippen molar-refractivity contribution in [3.05, 3.63) is 89.0 Å². The second-order valence-electron chi connectivity index (χ2n) is 8.19. The molecule has 34 heavy (non-hydrogen) atoms. The molecule has 1 aliphatic carbocycles. The SMILES string of the molecule is CCN(CC(=O)O)C(=O)c1ccc(NC(=O)OCC2c3ccccc3-c3ccccc32)c(C)c1. The predicted molar refractivity (Wildman–Crippen MR) is 129 cm³/mol. The Morgan fingerprint density at radius 3 is 2.15 bits per heavy atom. The zero-order chi connectivity index (χ0) is 24.2. The number of fused-ring (bicyclic) bond motifs is 3. The maximum Gasteiger partial charge on any atom is 0.411 e. The fourth-order valence-corrected chi connectivity index (χ4v) is 4.35. The molecule has 0 saturated carbocycles. The second-order valence-corrected chi connectivity index (χ2v) is 8.19. The van der Waals surface area contributed by atoms with E-state index in [0.717, 1.165) is 22.3 Å². The van der Waals surface area contributed by atoms with Gasteiger partial charge in [0.15, 0.2) is 0 Å². The number of aryl methyl sites for hydroxylation is 1. The number of nitrogens with zero attached hydrogens (tertiary/aromatic N) is 1. The third-order valence-electron chi connectivity index (χ3n) is 6.05. The molecule has 0 atom stereocenters. The largest absolute Gasteiger partial charge is 0.480 e. The number of hydrogen-bond donors (Lipinski definition) is 2. The number of benzene rings is 3. The Labute approximate surface area is 198 Å². The molecule has 2 amide bonds. The molecule has 3 aromatic carbocycles. The van der Waals surface area contributed by atoms with Crippen LogP contribution in [0.25, 0.3) is 11.1 Å². The Hall–Kier alpha value is -4.13. The first kappa shape index (κ1) is 23.0. The highest BCUT2D eigenvalue weighted by Crippen LogP contribution is 2.44. The van der Waals surface area contributed by atoms with Crippen LogP contribution in [0.1, 0.15) is 39.9 Å². The third-order valence-corrected chi connectivity index (χ3v) is 6.05. The number of amides is 2. The van der Waals surface area contributed by atoms with Crippen LogP contribution in [-0.4, -0.2) is 47.7 Å². The number of likely N-dealkylation sites (N-methyl/N-ethyl adjacent to an activating group) is 1. The quantitative estimate of drug-likeness (QED) is 0.525. The molecule has 174 valence electrons. The minimum atomic E-state index is -1.07. The Morgan fingerprint density at radius 2 is 1.59 bits per heavy atom. The molecule has 0 heterocycles. The van der Waals surface area contributed by atoms with Crippen LogP contribution in [0, 0.1) is 6.92 Å². The first-order valence-electron chi connectivity index (χ1n) is 11.1. The molecule has 0 aliphatic heterocycles. The van der Waals surface area contributed by atoms with Crippen molar-refractivity contribution in [3.8, 4) is 11.1 Å². The van der Waals surface area contributed by atoms with Gasteiger partial charge in [-0.05, 0) is 59.9 Å². The summed E-state index contributed by atoms with van der Waals surface area (Å²) in [7, 11) is 0. The average molecular weight is 459 g/mol. The lowest BCUT2D eigenvalue weighted by Gasteiger charge is -2.19. The fourth-order valence-electron chi connectivity index (χ4n) is 4.35. The summed E-state index contributed by atoms with van der Waals surface area (Å²) in [4.78, 5) is 37.4. The summed E-state index contributed by atoms with van der Waals surface area (Å²) >= 11 is 0. The van der Waals surface area contributed by atoms with Gasteiger partial charge in [-0.1, -0.05) is 48.5 Å². The van der Waals surface area contributed by atoms with Gasteiger partial charge in [0.1, 0.15) is 13.2 Å². The van der Waals surface area contributed by atoms with E-state index in [-0.39, 0.29) is 31.5 Å². The first-order chi connectivity index (χ1) is 16.4. The Balaban J connectivity index is 1.42. The van der Waals surface area contributed by atoms with Crippen LogP contribution in [0.5, 0.6) is 0 Å². The number of nitrogens with one attached hydrogen (secondary N) is 1. The summed E-state index contributed by atoms with van der Waals surface area (Å²) in [5.41, 5.74) is 6.15. The normalized spacial score (nSPS) is 11.9. The Kier molecular flexibility index (Phi) is 6.63. The van der Waals surface area contributed by atoms with E-state index < -0.39 is 12.1 Å². The summed E-state index contributed by atoms with van der Waals surface area (Å²) < 4.78 is 5.59. The van der Waals surface area contributed by atoms with Crippen LogP contribution in [-0.2, 0) is 9.53 Å². The molecular weight excluding hydrogens is 432 g/mol. The van der Waals surface area contributed by atoms with E-state index in [4.69, 9.17) is 9.84 Å². The van der Waals surface area contributed by atoms with Crippen LogP contribution in [0.2, 0.25) is 0 Å². The monoisotopic (exact) mass is 458 g/mol. The van der Waals surface area contributed by atoms with E-state index in [2.05, 4.69) is 29.6 Å². The van der Waals surface area contributed by atoms with E-state index in [1.54, 1.807) is 32.0 Å². The van der Waals surface area contributed by atoms with Crippen molar-refractivity contribution in [2.24, 2.45) is 0 Å². The van der Waals surface area contributed by atoms with Crippen LogP contribution in [0.3, 0.4) is 0 Å². The lowest BCUT2D eigenvalue weighted by atomic mass is 9.98. The summed E-state index contributed by atoms with van der Waals surface area (Å²) in [5, 5.41) is 11.7. The van der Waals surface area contributed by atoms with E-state index in [1.807, 2.05) is 24.3 Å². The number of aliphatic carboxylic acids is 1. The average Bonchev–Trinajstić information content (AvgIpc) is 3.15. The lowest BCUT2D eigenvalue weighted by Crippen LogP contribution is -2.35. The van der Waals surface area contributed by atoms with Crippen LogP contribution >= 0.6 is 0 Å². The number of ether oxygens (including phenoxy) is 1. The van der Waals surface area contributed by atoms with E-state index in [1.165, 1.54) is 4.90 Å². The molecule has 7 heteroatoms. The molecule has 0 saturated heterocycles. The van der Waals surface area contributed by atoms with Crippen molar-refractivity contribution in [1.29, 1.82) is 0 Å². The van der Waals surface area contributed by atoms with E-state index in [9.17, 15) is 14.4 Å². The summed E-state index contributed by atoms with van der Waals surface area (Å²) in [5.74, 6) is -1.48. The topological polar surface area (TPSA) is 95.9 Å². The molecular formula is C27H26N2O5. The van der Waals surface area contributed by atoms with Crippen LogP contribution in [0.4, 0.5) is 10.5 Å². The molecule has 4 rings (SSSR count). The zero-order valence-electron chi connectivity index (χ0n) is 19.1. The second kappa shape index (κ2) is 9.79. The predicted octanol–water partition coefficient (Wildman–Crippen LogP) is 4.90. The maximum absolute atomic E-state index is 12.6. The molecule has 1 aliphatic rings. The highest BCUT2D eigenvalue weighted by molar-refractivity contribution is 5.97. The van der Waals surface area contributed by atoms with Gasteiger partial charge in [-0.15, -0.1) is 0 Å². The molecule has 0 radical (unpaired) electrons. The van der Waals surface area contributed by atoms with Crippen molar-refractivity contribution in [2.45, 2.75) is 19.8 Å². The van der Waals surface area contributed by atoms with Gasteiger partial charge in [-0.3, -0.25) is 14.9 Å². The molecule has 0 fully saturated rings. The minimum absolute atomic E-state index is 0.0338. The molecule has 2 N–H and O–H groups in total. The lowest BCUT2D eigenvalue weighted by molar-refractivity contribution is -0.137. The number of anilines is 1. The van der Waals surface area contributed by atoms with Gasteiger partial charge in [0.25, 0.3) is 5.91 Å². The van der Waals surface area contributed by atoms with Gasteiger partial charge >= 0.3 is 12.1 Å². The number of carboxylic acid groups (broad SMARTS) is 1. The third kappa shape index (κ3) is 4.64. The standard InChI is InChI=1S/C27H26N2O5/c1-3-29(15-25(30)31)26(32)18-12-13-24(17(2)14-18)28-27(33)34-16-23-21-10-6-4-8-19(21)20-9-5-7-11-22(20)23/h4-14,23H,3,15-16H2,1-2H3,(H,28,33)(H,30,31). The van der Waals surface area contributed by atoms with E-state index >= 15 is 0 Å². The molecule has 0 aromatic heterocycles. The Bertz CT molecular complexity index is 1210. The van der Waals surface area contributed by atoms with Gasteiger partial charge in [0.2, 0.25) is 0 Å². The van der Waals surface area contributed by atoms with Crippen molar-refractivity contribution < 1.29 is 24.2 Å². The van der Waals surface area contributed by atoms with Gasteiger partial charge in [-0.25, -0.2) is 4.79 Å². The number of carbonyl (C=O) groups excluding carboxylic acids is 2. The summed E-state index contributed by atoms with van der Waals surface area (Å²) in [6.07, 6.45) is -0.579. The van der Waals surface area contributed by atoms with Crippen molar-refractivity contribution in [1.82, 2.24) is 4.90 Å². The number of rotatable bonds is 7. The zero-order valence-corrected chi connectivity index (χ0v) is 19.1. The molecule has 3 aromatic rings. The number of carboxylic acids is 1. The Morgan fingerprint density at radius 1 is 0.971 bits per heavy atom. The van der Waals surface area contributed by atoms with Crippen molar-refractivity contribution in [3.63, 3.8) is 0 Å². The van der Waals surface area contributed by atoms with Gasteiger partial charge in [0, 0.05) is 23.7 Å². The maximum atomic E-state index is 12.6. The number of hydrogen-bond acceptors (Lipinski definition) is 4. The van der Waals surface area contributed by atoms with Gasteiger partial charge in [0.05, 0.1) is 0 Å².